The standard InChI is InChI=1S/C42H61ClN4O20S6/c1-41(2)30-22-28(68(50,51)52)14-16-32(30)46(20-6-10-36(48)44-24-38(70(56,57)58)71(59,60)61)34(41)18-12-26-8-5-9-27(40(26)43)13-19-35-42(3,4)31-23-29(69(53,54)55)15-17-33(31)47(35)21-7-11-37(49)45-25-39(72(62,63)64)73(65,66)67/h14-17,22-23,26,34-35,38-39H,5-13,18-21,24-25H2,1-4H3,(H,44,48)(H,45,49)(H,50,51,52)(H,53,54,55)(H,56,57,58)(H,59,60,61)(H,62,63,64)(H,65,66,67). The van der Waals surface area contributed by atoms with Gasteiger partial charge in [0.25, 0.3) is 60.7 Å². The molecular weight excluding hydrogens is 1110 g/mol. The Hall–Kier alpha value is -3.53. The Bertz CT molecular complexity index is 3120. The second-order valence-corrected chi connectivity index (χ2v) is 29.8. The molecule has 0 bridgehead atoms. The number of hydrogen-bond acceptors (Lipinski definition) is 16. The number of anilines is 2. The van der Waals surface area contributed by atoms with Crippen LogP contribution in [0.2, 0.25) is 0 Å². The largest absolute Gasteiger partial charge is 0.367 e. The fourth-order valence-corrected chi connectivity index (χ4v) is 15.4. The average molecular weight is 1170 g/mol. The van der Waals surface area contributed by atoms with Crippen molar-refractivity contribution in [3.8, 4) is 0 Å². The number of allylic oxidation sites excluding steroid dienone is 2. The predicted octanol–water partition coefficient (Wildman–Crippen LogP) is 3.66. The van der Waals surface area contributed by atoms with Gasteiger partial charge in [0, 0.05) is 65.3 Å². The molecule has 73 heavy (non-hydrogen) atoms. The van der Waals surface area contributed by atoms with E-state index in [0.29, 0.717) is 59.6 Å². The first-order valence-electron chi connectivity index (χ1n) is 22.8. The topological polar surface area (TPSA) is 391 Å². The summed E-state index contributed by atoms with van der Waals surface area (Å²) in [5.41, 5.74) is 1.94. The van der Waals surface area contributed by atoms with Crippen molar-refractivity contribution in [3.05, 3.63) is 58.1 Å². The van der Waals surface area contributed by atoms with E-state index in [4.69, 9.17) is 11.6 Å². The van der Waals surface area contributed by atoms with Crippen molar-refractivity contribution in [1.82, 2.24) is 10.6 Å². The van der Waals surface area contributed by atoms with Crippen molar-refractivity contribution in [2.45, 2.75) is 140 Å². The van der Waals surface area contributed by atoms with Crippen LogP contribution in [0.1, 0.15) is 109 Å². The summed E-state index contributed by atoms with van der Waals surface area (Å²) in [4.78, 5) is 28.9. The number of carbonyl (C=O) groups excluding carboxylic acids is 2. The van der Waals surface area contributed by atoms with Gasteiger partial charge in [-0.25, -0.2) is 0 Å². The second-order valence-electron chi connectivity index (χ2n) is 19.6. The molecule has 3 atom stereocenters. The minimum atomic E-state index is -5.29. The predicted molar refractivity (Wildman–Crippen MR) is 268 cm³/mol. The zero-order valence-electron chi connectivity index (χ0n) is 40.1. The maximum Gasteiger partial charge on any atom is 0.294 e. The van der Waals surface area contributed by atoms with E-state index >= 15 is 0 Å². The molecule has 0 aromatic heterocycles. The molecule has 2 aromatic rings. The lowest BCUT2D eigenvalue weighted by Crippen LogP contribution is -2.43. The first-order valence-corrected chi connectivity index (χ1v) is 32.1. The smallest absolute Gasteiger partial charge is 0.294 e. The van der Waals surface area contributed by atoms with Gasteiger partial charge in [0.1, 0.15) is 0 Å². The van der Waals surface area contributed by atoms with Crippen molar-refractivity contribution in [2.75, 3.05) is 36.0 Å². The van der Waals surface area contributed by atoms with Crippen LogP contribution in [-0.4, -0.2) is 137 Å². The monoisotopic (exact) mass is 1170 g/mol. The molecule has 5 rings (SSSR count). The number of fused-ring (bicyclic) bond motifs is 2. The molecule has 2 aliphatic heterocycles. The molecule has 8 N–H and O–H groups in total. The lowest BCUT2D eigenvalue weighted by atomic mass is 9.75. The fourth-order valence-electron chi connectivity index (χ4n) is 10.3. The SMILES string of the molecule is CC1(C)c2cc(S(=O)(=O)O)ccc2N(CCCC(=O)NCC(S(=O)(=O)O)S(=O)(=O)O)C1CCC1=C(Cl)C(CCC2N(CCCC(=O)NCC(S(=O)(=O)O)S(=O)(=O)O)c3ccc(S(=O)(=O)O)cc3C2(C)C)CCC1. The van der Waals surface area contributed by atoms with Gasteiger partial charge in [0.15, 0.2) is 0 Å². The Labute approximate surface area is 431 Å². The van der Waals surface area contributed by atoms with E-state index < -0.39 is 106 Å². The Morgan fingerprint density at radius 3 is 1.37 bits per heavy atom. The summed E-state index contributed by atoms with van der Waals surface area (Å²) in [6, 6.07) is 7.71. The summed E-state index contributed by atoms with van der Waals surface area (Å²) in [5, 5.41) is 4.86. The molecule has 24 nitrogen and oxygen atoms in total. The van der Waals surface area contributed by atoms with E-state index in [2.05, 4.69) is 10.6 Å². The number of nitrogens with zero attached hydrogens (tertiary/aromatic N) is 2. The molecule has 0 saturated carbocycles. The normalized spacial score (nSPS) is 20.4. The van der Waals surface area contributed by atoms with E-state index in [1.54, 1.807) is 12.1 Å². The summed E-state index contributed by atoms with van der Waals surface area (Å²) in [5.74, 6) is -1.69. The van der Waals surface area contributed by atoms with Crippen molar-refractivity contribution in [2.24, 2.45) is 5.92 Å². The van der Waals surface area contributed by atoms with Crippen molar-refractivity contribution < 1.29 is 87.4 Å². The third-order valence-corrected chi connectivity index (χ3v) is 22.6. The summed E-state index contributed by atoms with van der Waals surface area (Å²) in [6.07, 6.45) is 3.97. The summed E-state index contributed by atoms with van der Waals surface area (Å²) in [6.45, 7) is 5.80. The molecule has 2 aromatic carbocycles. The summed E-state index contributed by atoms with van der Waals surface area (Å²) < 4.78 is 193. The number of rotatable bonds is 24. The van der Waals surface area contributed by atoms with Gasteiger partial charge in [0.2, 0.25) is 21.0 Å². The highest BCUT2D eigenvalue weighted by atomic mass is 35.5. The van der Waals surface area contributed by atoms with Crippen LogP contribution in [0.15, 0.2) is 56.8 Å². The van der Waals surface area contributed by atoms with E-state index in [-0.39, 0.29) is 66.6 Å². The van der Waals surface area contributed by atoms with Gasteiger partial charge >= 0.3 is 0 Å². The number of benzene rings is 2. The maximum absolute atomic E-state index is 12.8. The lowest BCUT2D eigenvalue weighted by Gasteiger charge is -2.37. The van der Waals surface area contributed by atoms with Crippen LogP contribution in [0, 0.1) is 5.92 Å². The third kappa shape index (κ3) is 14.5. The van der Waals surface area contributed by atoms with Crippen LogP contribution in [0.5, 0.6) is 0 Å². The van der Waals surface area contributed by atoms with E-state index in [0.717, 1.165) is 18.4 Å². The molecule has 0 saturated heterocycles. The second kappa shape index (κ2) is 22.2. The lowest BCUT2D eigenvalue weighted by molar-refractivity contribution is -0.121. The number of hydrogen-bond donors (Lipinski definition) is 8. The zero-order valence-corrected chi connectivity index (χ0v) is 45.7. The molecule has 1 aliphatic carbocycles. The molecular formula is C42H61ClN4O20S6. The minimum Gasteiger partial charge on any atom is -0.367 e. The van der Waals surface area contributed by atoms with Gasteiger partial charge in [0.05, 0.1) is 22.9 Å². The van der Waals surface area contributed by atoms with Gasteiger partial charge in [-0.05, 0) is 111 Å². The Morgan fingerprint density at radius 2 is 1.00 bits per heavy atom. The van der Waals surface area contributed by atoms with E-state index in [1.165, 1.54) is 24.3 Å². The molecule has 3 aliphatic rings. The maximum atomic E-state index is 12.8. The highest BCUT2D eigenvalue weighted by molar-refractivity contribution is 8.04. The molecule has 0 spiro atoms. The molecule has 3 unspecified atom stereocenters. The molecule has 0 radical (unpaired) electrons. The quantitative estimate of drug-likeness (QED) is 0.0695. The molecule has 412 valence electrons. The Balaban J connectivity index is 1.33. The average Bonchev–Trinajstić information content (AvgIpc) is 3.57. The Morgan fingerprint density at radius 1 is 0.616 bits per heavy atom. The van der Waals surface area contributed by atoms with Crippen LogP contribution in [0.3, 0.4) is 0 Å². The highest BCUT2D eigenvalue weighted by Crippen LogP contribution is 2.51. The summed E-state index contributed by atoms with van der Waals surface area (Å²) >= 11 is 7.27. The van der Waals surface area contributed by atoms with E-state index in [1.807, 2.05) is 37.5 Å². The summed E-state index contributed by atoms with van der Waals surface area (Å²) in [7, 11) is -30.4. The van der Waals surface area contributed by atoms with Gasteiger partial charge in [-0.3, -0.25) is 36.9 Å². The van der Waals surface area contributed by atoms with Crippen molar-refractivity contribution >= 4 is 95.5 Å². The van der Waals surface area contributed by atoms with Crippen LogP contribution >= 0.6 is 11.6 Å². The molecule has 2 amide bonds. The van der Waals surface area contributed by atoms with Crippen LogP contribution in [0.25, 0.3) is 0 Å². The zero-order chi connectivity index (χ0) is 55.1. The first kappa shape index (κ1) is 60.3. The van der Waals surface area contributed by atoms with Gasteiger partial charge in [-0.2, -0.15) is 50.5 Å². The van der Waals surface area contributed by atoms with Gasteiger partial charge in [-0.15, -0.1) is 0 Å². The first-order chi connectivity index (χ1) is 33.3. The van der Waals surface area contributed by atoms with Crippen LogP contribution < -0.4 is 20.4 Å². The number of amides is 2. The Kier molecular flexibility index (Phi) is 18.4. The van der Waals surface area contributed by atoms with Crippen molar-refractivity contribution in [3.63, 3.8) is 0 Å². The van der Waals surface area contributed by atoms with Gasteiger partial charge < -0.3 is 20.4 Å². The molecule has 0 fully saturated rings. The van der Waals surface area contributed by atoms with Crippen molar-refractivity contribution in [1.29, 1.82) is 0 Å². The molecule has 2 heterocycles. The third-order valence-electron chi connectivity index (χ3n) is 14.1. The molecule has 31 heteroatoms. The highest BCUT2D eigenvalue weighted by Gasteiger charge is 2.47. The van der Waals surface area contributed by atoms with E-state index in [9.17, 15) is 87.4 Å². The van der Waals surface area contributed by atoms with Crippen LogP contribution in [0.4, 0.5) is 11.4 Å². The fraction of sp³-hybridized carbons (Fsp3) is 0.619. The minimum absolute atomic E-state index is 0.119. The number of carbonyl (C=O) groups is 2. The van der Waals surface area contributed by atoms with Crippen LogP contribution in [-0.2, 0) is 81.1 Å². The number of nitrogens with one attached hydrogen (secondary N) is 2. The van der Waals surface area contributed by atoms with Gasteiger partial charge in [-0.1, -0.05) is 44.9 Å². The number of halogens is 1.